The first-order valence-electron chi connectivity index (χ1n) is 9.33. The van der Waals surface area contributed by atoms with Gasteiger partial charge in [0.15, 0.2) is 0 Å². The van der Waals surface area contributed by atoms with Crippen LogP contribution in [0.25, 0.3) is 0 Å². The Labute approximate surface area is 167 Å². The van der Waals surface area contributed by atoms with Crippen molar-refractivity contribution in [3.05, 3.63) is 70.5 Å². The zero-order chi connectivity index (χ0) is 21.0. The van der Waals surface area contributed by atoms with Crippen molar-refractivity contribution in [3.8, 4) is 0 Å². The predicted octanol–water partition coefficient (Wildman–Crippen LogP) is 2.82. The molecule has 0 radical (unpaired) electrons. The first-order chi connectivity index (χ1) is 13.9. The molecule has 7 heteroatoms. The molecule has 0 aromatic heterocycles. The largest absolute Gasteiger partial charge is 0.346 e. The molecule has 0 saturated heterocycles. The number of amides is 2. The molecule has 2 aromatic carbocycles. The van der Waals surface area contributed by atoms with Gasteiger partial charge in [0.25, 0.3) is 11.8 Å². The highest BCUT2D eigenvalue weighted by atomic mass is 19.1. The number of benzene rings is 2. The summed E-state index contributed by atoms with van der Waals surface area (Å²) < 4.78 is 13.4. The van der Waals surface area contributed by atoms with E-state index in [0.29, 0.717) is 34.8 Å². The van der Waals surface area contributed by atoms with Crippen molar-refractivity contribution >= 4 is 24.4 Å². The van der Waals surface area contributed by atoms with Crippen LogP contribution in [0.1, 0.15) is 57.7 Å². The zero-order valence-corrected chi connectivity index (χ0v) is 15.9. The summed E-state index contributed by atoms with van der Waals surface area (Å²) >= 11 is 0. The van der Waals surface area contributed by atoms with Crippen LogP contribution in [0.5, 0.6) is 0 Å². The Hall–Kier alpha value is -3.35. The number of rotatable bonds is 8. The van der Waals surface area contributed by atoms with E-state index in [-0.39, 0.29) is 37.0 Å². The third-order valence-electron chi connectivity index (χ3n) is 5.03. The molecule has 1 aliphatic rings. The fourth-order valence-electron chi connectivity index (χ4n) is 3.43. The van der Waals surface area contributed by atoms with E-state index < -0.39 is 12.1 Å². The quantitative estimate of drug-likeness (QED) is 0.696. The van der Waals surface area contributed by atoms with Gasteiger partial charge in [-0.1, -0.05) is 12.1 Å². The van der Waals surface area contributed by atoms with Gasteiger partial charge in [-0.15, -0.1) is 0 Å². The average molecular weight is 396 g/mol. The lowest BCUT2D eigenvalue weighted by Crippen LogP contribution is -2.36. The highest BCUT2D eigenvalue weighted by molar-refractivity contribution is 6.02. The van der Waals surface area contributed by atoms with E-state index in [1.807, 2.05) is 0 Å². The fraction of sp³-hybridized carbons (Fsp3) is 0.273. The second kappa shape index (κ2) is 8.77. The number of carbonyl (C=O) groups is 4. The molecule has 0 saturated carbocycles. The van der Waals surface area contributed by atoms with Crippen LogP contribution in [0.2, 0.25) is 0 Å². The lowest BCUT2D eigenvalue weighted by molar-refractivity contribution is -0.112. The third kappa shape index (κ3) is 4.39. The Morgan fingerprint density at radius 1 is 1.24 bits per heavy atom. The minimum atomic E-state index is -0.676. The summed E-state index contributed by atoms with van der Waals surface area (Å²) in [7, 11) is 0. The van der Waals surface area contributed by atoms with Gasteiger partial charge in [-0.05, 0) is 54.8 Å². The number of hydrogen-bond acceptors (Lipinski definition) is 4. The maximum Gasteiger partial charge on any atom is 0.255 e. The minimum Gasteiger partial charge on any atom is -0.346 e. The van der Waals surface area contributed by atoms with E-state index >= 15 is 0 Å². The molecular weight excluding hydrogens is 375 g/mol. The van der Waals surface area contributed by atoms with Crippen LogP contribution in [0.4, 0.5) is 4.39 Å². The number of fused-ring (bicyclic) bond motifs is 1. The molecule has 0 spiro atoms. The molecule has 3 rings (SSSR count). The van der Waals surface area contributed by atoms with Crippen LogP contribution >= 0.6 is 0 Å². The Balaban J connectivity index is 1.74. The molecule has 1 heterocycles. The number of halogens is 1. The average Bonchev–Trinajstić information content (AvgIpc) is 3.04. The Morgan fingerprint density at radius 2 is 2.03 bits per heavy atom. The maximum atomic E-state index is 13.4. The van der Waals surface area contributed by atoms with Crippen molar-refractivity contribution in [3.63, 3.8) is 0 Å². The lowest BCUT2D eigenvalue weighted by Gasteiger charge is -2.22. The molecule has 29 heavy (non-hydrogen) atoms. The van der Waals surface area contributed by atoms with Gasteiger partial charge in [0, 0.05) is 24.1 Å². The van der Waals surface area contributed by atoms with Gasteiger partial charge < -0.3 is 19.8 Å². The monoisotopic (exact) mass is 396 g/mol. The van der Waals surface area contributed by atoms with Crippen LogP contribution in [0, 0.1) is 5.82 Å². The highest BCUT2D eigenvalue weighted by Crippen LogP contribution is 2.27. The number of nitrogens with one attached hydrogen (secondary N) is 1. The Bertz CT molecular complexity index is 960. The number of nitrogens with zero attached hydrogens (tertiary/aromatic N) is 1. The first kappa shape index (κ1) is 20.4. The van der Waals surface area contributed by atoms with Gasteiger partial charge in [0.2, 0.25) is 0 Å². The van der Waals surface area contributed by atoms with Gasteiger partial charge in [-0.2, -0.15) is 0 Å². The van der Waals surface area contributed by atoms with E-state index in [9.17, 15) is 23.6 Å². The molecule has 1 aliphatic heterocycles. The maximum absolute atomic E-state index is 13.4. The second-order valence-electron chi connectivity index (χ2n) is 7.00. The van der Waals surface area contributed by atoms with Gasteiger partial charge in [0.1, 0.15) is 18.4 Å². The van der Waals surface area contributed by atoms with E-state index in [2.05, 4.69) is 5.32 Å². The van der Waals surface area contributed by atoms with Gasteiger partial charge in [0.05, 0.1) is 12.1 Å². The lowest BCUT2D eigenvalue weighted by atomic mass is 10.0. The minimum absolute atomic E-state index is 0.190. The van der Waals surface area contributed by atoms with Crippen molar-refractivity contribution in [1.82, 2.24) is 10.2 Å². The van der Waals surface area contributed by atoms with Crippen LogP contribution in [-0.4, -0.2) is 35.3 Å². The Morgan fingerprint density at radius 3 is 2.72 bits per heavy atom. The van der Waals surface area contributed by atoms with Gasteiger partial charge in [-0.3, -0.25) is 9.59 Å². The van der Waals surface area contributed by atoms with Crippen molar-refractivity contribution in [1.29, 1.82) is 0 Å². The van der Waals surface area contributed by atoms with Crippen LogP contribution in [0.15, 0.2) is 42.5 Å². The summed E-state index contributed by atoms with van der Waals surface area (Å²) in [6.45, 7) is 1.96. The summed E-state index contributed by atoms with van der Waals surface area (Å²) in [6, 6.07) is 9.69. The van der Waals surface area contributed by atoms with E-state index in [4.69, 9.17) is 0 Å². The number of hydrogen-bond donors (Lipinski definition) is 1. The SMILES string of the molecule is C[C@H](NC(=O)c1ccc2c(c1)CN(C(C=O)CCC=O)C2=O)c1cccc(F)c1. The van der Waals surface area contributed by atoms with E-state index in [0.717, 1.165) is 0 Å². The van der Waals surface area contributed by atoms with Crippen LogP contribution in [0.3, 0.4) is 0 Å². The van der Waals surface area contributed by atoms with Crippen molar-refractivity contribution in [2.24, 2.45) is 0 Å². The molecule has 1 N–H and O–H groups in total. The Kier molecular flexibility index (Phi) is 6.16. The molecule has 150 valence electrons. The zero-order valence-electron chi connectivity index (χ0n) is 15.9. The number of carbonyl (C=O) groups excluding carboxylic acids is 4. The molecule has 1 unspecified atom stereocenters. The van der Waals surface area contributed by atoms with Crippen molar-refractivity contribution in [2.45, 2.75) is 38.4 Å². The highest BCUT2D eigenvalue weighted by Gasteiger charge is 2.32. The van der Waals surface area contributed by atoms with Crippen molar-refractivity contribution in [2.75, 3.05) is 0 Å². The fourth-order valence-corrected chi connectivity index (χ4v) is 3.43. The molecule has 2 aromatic rings. The first-order valence-corrected chi connectivity index (χ1v) is 9.33. The predicted molar refractivity (Wildman–Crippen MR) is 104 cm³/mol. The van der Waals surface area contributed by atoms with Gasteiger partial charge >= 0.3 is 0 Å². The summed E-state index contributed by atoms with van der Waals surface area (Å²) in [4.78, 5) is 48.5. The molecule has 0 aliphatic carbocycles. The summed E-state index contributed by atoms with van der Waals surface area (Å²) in [5.74, 6) is -1.01. The van der Waals surface area contributed by atoms with Gasteiger partial charge in [-0.25, -0.2) is 4.39 Å². The molecular formula is C22H21FN2O4. The third-order valence-corrected chi connectivity index (χ3v) is 5.03. The van der Waals surface area contributed by atoms with E-state index in [1.165, 1.54) is 17.0 Å². The van der Waals surface area contributed by atoms with Crippen LogP contribution < -0.4 is 5.32 Å². The molecule has 0 bridgehead atoms. The molecule has 2 amide bonds. The summed E-state index contributed by atoms with van der Waals surface area (Å²) in [6.07, 6.45) is 1.84. The van der Waals surface area contributed by atoms with Crippen molar-refractivity contribution < 1.29 is 23.6 Å². The summed E-state index contributed by atoms with van der Waals surface area (Å²) in [5.41, 5.74) is 2.11. The molecule has 6 nitrogen and oxygen atoms in total. The second-order valence-corrected chi connectivity index (χ2v) is 7.00. The topological polar surface area (TPSA) is 83.6 Å². The normalized spacial score (nSPS) is 14.8. The molecule has 2 atom stereocenters. The summed E-state index contributed by atoms with van der Waals surface area (Å²) in [5, 5.41) is 2.82. The smallest absolute Gasteiger partial charge is 0.255 e. The molecule has 0 fully saturated rings. The number of aldehydes is 2. The van der Waals surface area contributed by atoms with Crippen LogP contribution in [-0.2, 0) is 16.1 Å². The van der Waals surface area contributed by atoms with E-state index in [1.54, 1.807) is 37.3 Å². The standard InChI is InChI=1S/C22H21FN2O4/c1-14(15-4-2-5-18(23)11-15)24-21(28)16-7-8-20-17(10-16)12-25(22(20)29)19(13-27)6-3-9-26/h2,4-5,7-11,13-14,19H,3,6,12H2,1H3,(H,24,28)/t14-,19?/m0/s1.